The molecule has 1 aliphatic heterocycles. The van der Waals surface area contributed by atoms with Gasteiger partial charge in [-0.25, -0.2) is 4.79 Å². The highest BCUT2D eigenvalue weighted by molar-refractivity contribution is 5.65. The number of carboxylic acid groups (broad SMARTS) is 1. The zero-order valence-corrected chi connectivity index (χ0v) is 11.9. The van der Waals surface area contributed by atoms with Crippen LogP contribution >= 0.6 is 0 Å². The fourth-order valence-electron chi connectivity index (χ4n) is 2.43. The standard InChI is InChI=1S/C15H21NO5/c17-9-13-6-7-14(8-16(13)15(18)19)21-11-20-10-12-4-2-1-3-5-12/h1-5,13-14,17H,6-11H2,(H,18,19)/t13-,14-/m1/s1. The molecule has 1 fully saturated rings. The van der Waals surface area contributed by atoms with Gasteiger partial charge in [0.15, 0.2) is 0 Å². The predicted octanol–water partition coefficient (Wildman–Crippen LogP) is 1.68. The Morgan fingerprint density at radius 2 is 2.05 bits per heavy atom. The van der Waals surface area contributed by atoms with Gasteiger partial charge in [0, 0.05) is 0 Å². The molecule has 2 N–H and O–H groups in total. The average molecular weight is 295 g/mol. The second-order valence-corrected chi connectivity index (χ2v) is 5.09. The third kappa shape index (κ3) is 4.70. The van der Waals surface area contributed by atoms with E-state index in [2.05, 4.69) is 0 Å². The minimum atomic E-state index is -1.02. The summed E-state index contributed by atoms with van der Waals surface area (Å²) in [5.41, 5.74) is 1.07. The lowest BCUT2D eigenvalue weighted by Gasteiger charge is -2.36. The zero-order valence-electron chi connectivity index (χ0n) is 11.9. The molecule has 0 aromatic heterocycles. The van der Waals surface area contributed by atoms with Crippen molar-refractivity contribution in [1.29, 1.82) is 0 Å². The third-order valence-electron chi connectivity index (χ3n) is 3.62. The molecule has 0 spiro atoms. The number of ether oxygens (including phenoxy) is 2. The molecule has 6 nitrogen and oxygen atoms in total. The van der Waals surface area contributed by atoms with Crippen LogP contribution in [0, 0.1) is 0 Å². The van der Waals surface area contributed by atoms with Crippen LogP contribution in [0.2, 0.25) is 0 Å². The number of piperidine rings is 1. The first-order chi connectivity index (χ1) is 10.2. The van der Waals surface area contributed by atoms with Crippen LogP contribution in [-0.4, -0.2) is 53.3 Å². The van der Waals surface area contributed by atoms with Crippen LogP contribution in [0.4, 0.5) is 4.79 Å². The maximum Gasteiger partial charge on any atom is 0.407 e. The van der Waals surface area contributed by atoms with Crippen molar-refractivity contribution in [2.75, 3.05) is 19.9 Å². The van der Waals surface area contributed by atoms with E-state index < -0.39 is 6.09 Å². The SMILES string of the molecule is O=C(O)N1C[C@H](OCOCc2ccccc2)CC[C@@H]1CO. The Bertz CT molecular complexity index is 439. The van der Waals surface area contributed by atoms with E-state index in [9.17, 15) is 4.79 Å². The second kappa shape index (κ2) is 7.97. The van der Waals surface area contributed by atoms with Gasteiger partial charge in [0.1, 0.15) is 6.79 Å². The Hall–Kier alpha value is -1.63. The largest absolute Gasteiger partial charge is 0.465 e. The fourth-order valence-corrected chi connectivity index (χ4v) is 2.43. The van der Waals surface area contributed by atoms with Crippen molar-refractivity contribution in [2.24, 2.45) is 0 Å². The molecule has 116 valence electrons. The lowest BCUT2D eigenvalue weighted by atomic mass is 10.0. The van der Waals surface area contributed by atoms with E-state index in [1.54, 1.807) is 0 Å². The maximum absolute atomic E-state index is 11.1. The highest BCUT2D eigenvalue weighted by Gasteiger charge is 2.31. The molecular weight excluding hydrogens is 274 g/mol. The number of likely N-dealkylation sites (tertiary alicyclic amines) is 1. The molecule has 0 bridgehead atoms. The molecule has 1 amide bonds. The first-order valence-corrected chi connectivity index (χ1v) is 7.04. The van der Waals surface area contributed by atoms with Crippen molar-refractivity contribution in [3.63, 3.8) is 0 Å². The topological polar surface area (TPSA) is 79.2 Å². The van der Waals surface area contributed by atoms with Gasteiger partial charge in [0.2, 0.25) is 0 Å². The number of hydrogen-bond acceptors (Lipinski definition) is 4. The number of rotatable bonds is 6. The number of carbonyl (C=O) groups is 1. The summed E-state index contributed by atoms with van der Waals surface area (Å²) in [7, 11) is 0. The van der Waals surface area contributed by atoms with Crippen LogP contribution in [0.5, 0.6) is 0 Å². The first kappa shape index (κ1) is 15.8. The molecule has 0 aliphatic carbocycles. The Morgan fingerprint density at radius 3 is 2.71 bits per heavy atom. The average Bonchev–Trinajstić information content (AvgIpc) is 2.52. The van der Waals surface area contributed by atoms with Crippen LogP contribution in [0.15, 0.2) is 30.3 Å². The minimum absolute atomic E-state index is 0.136. The normalized spacial score (nSPS) is 22.2. The molecule has 21 heavy (non-hydrogen) atoms. The summed E-state index contributed by atoms with van der Waals surface area (Å²) in [6, 6.07) is 9.45. The van der Waals surface area contributed by atoms with Crippen molar-refractivity contribution < 1.29 is 24.5 Å². The quantitative estimate of drug-likeness (QED) is 0.616. The number of nitrogens with zero attached hydrogens (tertiary/aromatic N) is 1. The number of aliphatic hydroxyl groups excluding tert-OH is 1. The molecular formula is C15H21NO5. The summed E-state index contributed by atoms with van der Waals surface area (Å²) in [5.74, 6) is 0. The van der Waals surface area contributed by atoms with Gasteiger partial charge in [-0.05, 0) is 18.4 Å². The van der Waals surface area contributed by atoms with Gasteiger partial charge in [-0.2, -0.15) is 0 Å². The van der Waals surface area contributed by atoms with Gasteiger partial charge in [-0.1, -0.05) is 30.3 Å². The Kier molecular flexibility index (Phi) is 5.98. The zero-order chi connectivity index (χ0) is 15.1. The van der Waals surface area contributed by atoms with Gasteiger partial charge in [0.25, 0.3) is 0 Å². The van der Waals surface area contributed by atoms with Crippen LogP contribution in [0.3, 0.4) is 0 Å². The number of aliphatic hydroxyl groups is 1. The van der Waals surface area contributed by atoms with Crippen molar-refractivity contribution >= 4 is 6.09 Å². The summed E-state index contributed by atoms with van der Waals surface area (Å²) in [6.07, 6.45) is 0.128. The minimum Gasteiger partial charge on any atom is -0.465 e. The summed E-state index contributed by atoms with van der Waals surface area (Å²) in [6.45, 7) is 0.727. The molecule has 0 radical (unpaired) electrons. The van der Waals surface area contributed by atoms with Crippen LogP contribution in [-0.2, 0) is 16.1 Å². The predicted molar refractivity (Wildman–Crippen MR) is 75.8 cm³/mol. The Morgan fingerprint density at radius 1 is 1.29 bits per heavy atom. The molecule has 1 aromatic rings. The summed E-state index contributed by atoms with van der Waals surface area (Å²) >= 11 is 0. The summed E-state index contributed by atoms with van der Waals surface area (Å²) in [4.78, 5) is 12.4. The molecule has 0 saturated carbocycles. The fraction of sp³-hybridized carbons (Fsp3) is 0.533. The molecule has 6 heteroatoms. The van der Waals surface area contributed by atoms with Crippen LogP contribution < -0.4 is 0 Å². The van der Waals surface area contributed by atoms with Gasteiger partial charge in [0.05, 0.1) is 31.9 Å². The number of benzene rings is 1. The molecule has 1 heterocycles. The van der Waals surface area contributed by atoms with Gasteiger partial charge < -0.3 is 24.6 Å². The molecule has 1 aromatic carbocycles. The molecule has 1 saturated heterocycles. The van der Waals surface area contributed by atoms with Crippen molar-refractivity contribution in [3.8, 4) is 0 Å². The molecule has 2 rings (SSSR count). The molecule has 1 aliphatic rings. The first-order valence-electron chi connectivity index (χ1n) is 7.04. The van der Waals surface area contributed by atoms with Crippen molar-refractivity contribution in [1.82, 2.24) is 4.90 Å². The Labute approximate surface area is 123 Å². The summed E-state index contributed by atoms with van der Waals surface area (Å²) in [5, 5.41) is 18.3. The Balaban J connectivity index is 1.70. The molecule has 0 unspecified atom stereocenters. The highest BCUT2D eigenvalue weighted by atomic mass is 16.7. The van der Waals surface area contributed by atoms with Gasteiger partial charge in [-0.3, -0.25) is 0 Å². The van der Waals surface area contributed by atoms with E-state index in [0.717, 1.165) is 12.0 Å². The summed E-state index contributed by atoms with van der Waals surface area (Å²) < 4.78 is 11.0. The smallest absolute Gasteiger partial charge is 0.407 e. The number of amides is 1. The van der Waals surface area contributed by atoms with E-state index in [1.807, 2.05) is 30.3 Å². The van der Waals surface area contributed by atoms with Gasteiger partial charge in [-0.15, -0.1) is 0 Å². The number of hydrogen-bond donors (Lipinski definition) is 2. The van der Waals surface area contributed by atoms with E-state index in [0.29, 0.717) is 13.0 Å². The lowest BCUT2D eigenvalue weighted by Crippen LogP contribution is -2.50. The lowest BCUT2D eigenvalue weighted by molar-refractivity contribution is -0.116. The van der Waals surface area contributed by atoms with E-state index in [-0.39, 0.29) is 32.1 Å². The van der Waals surface area contributed by atoms with Crippen LogP contribution in [0.25, 0.3) is 0 Å². The maximum atomic E-state index is 11.1. The van der Waals surface area contributed by atoms with E-state index in [4.69, 9.17) is 19.7 Å². The van der Waals surface area contributed by atoms with Crippen molar-refractivity contribution in [2.45, 2.75) is 31.6 Å². The third-order valence-corrected chi connectivity index (χ3v) is 3.62. The monoisotopic (exact) mass is 295 g/mol. The highest BCUT2D eigenvalue weighted by Crippen LogP contribution is 2.19. The molecule has 2 atom stereocenters. The van der Waals surface area contributed by atoms with E-state index in [1.165, 1.54) is 4.90 Å². The van der Waals surface area contributed by atoms with Gasteiger partial charge >= 0.3 is 6.09 Å². The second-order valence-electron chi connectivity index (χ2n) is 5.09. The van der Waals surface area contributed by atoms with Crippen molar-refractivity contribution in [3.05, 3.63) is 35.9 Å². The van der Waals surface area contributed by atoms with E-state index >= 15 is 0 Å². The van der Waals surface area contributed by atoms with Crippen LogP contribution in [0.1, 0.15) is 18.4 Å².